The standard InChI is InChI=1S/C27H32F6N2O2/c1-4-6-10-34(5-2)24-14-20-9-7-8-19(20)13-23(24)17(3)35(25(36)37)16-18-11-21(26(28,29)30)15-22(12-18)27(31,32)33/h11-15,17H,4-10,16H2,1-3H3,(H,36,37). The van der Waals surface area contributed by atoms with Gasteiger partial charge in [-0.05, 0) is 86.1 Å². The highest BCUT2D eigenvalue weighted by Crippen LogP contribution is 2.39. The number of amides is 1. The predicted octanol–water partition coefficient (Wildman–Crippen LogP) is 8.08. The molecule has 204 valence electrons. The second-order valence-corrected chi connectivity index (χ2v) is 9.47. The van der Waals surface area contributed by atoms with E-state index in [4.69, 9.17) is 0 Å². The highest BCUT2D eigenvalue weighted by atomic mass is 19.4. The summed E-state index contributed by atoms with van der Waals surface area (Å²) in [4.78, 5) is 15.4. The number of anilines is 1. The Hall–Kier alpha value is -2.91. The lowest BCUT2D eigenvalue weighted by molar-refractivity contribution is -0.143. The molecule has 0 spiro atoms. The van der Waals surface area contributed by atoms with E-state index in [9.17, 15) is 36.2 Å². The molecular formula is C27H32F6N2O2. The average Bonchev–Trinajstić information content (AvgIpc) is 3.28. The molecule has 0 heterocycles. The van der Waals surface area contributed by atoms with Crippen molar-refractivity contribution in [2.45, 2.75) is 77.8 Å². The van der Waals surface area contributed by atoms with Crippen LogP contribution in [0.4, 0.5) is 36.8 Å². The zero-order chi connectivity index (χ0) is 27.5. The SMILES string of the molecule is CCCCN(CC)c1cc2c(cc1C(C)N(Cc1cc(C(F)(F)F)cc(C(F)(F)F)c1)C(=O)O)CCC2. The third-order valence-corrected chi connectivity index (χ3v) is 6.91. The first kappa shape index (κ1) is 28.7. The van der Waals surface area contributed by atoms with E-state index in [0.717, 1.165) is 54.8 Å². The number of hydrogen-bond donors (Lipinski definition) is 1. The average molecular weight is 531 g/mol. The maximum atomic E-state index is 13.4. The number of nitrogens with zero attached hydrogens (tertiary/aromatic N) is 2. The molecule has 0 aliphatic heterocycles. The summed E-state index contributed by atoms with van der Waals surface area (Å²) < 4.78 is 80.2. The van der Waals surface area contributed by atoms with Crippen molar-refractivity contribution in [1.82, 2.24) is 4.90 Å². The van der Waals surface area contributed by atoms with E-state index in [1.165, 1.54) is 5.56 Å². The van der Waals surface area contributed by atoms with E-state index >= 15 is 0 Å². The highest BCUT2D eigenvalue weighted by molar-refractivity contribution is 5.68. The first-order valence-electron chi connectivity index (χ1n) is 12.4. The number of rotatable bonds is 9. The Morgan fingerprint density at radius 3 is 2.00 bits per heavy atom. The van der Waals surface area contributed by atoms with Gasteiger partial charge >= 0.3 is 18.4 Å². The molecule has 1 N–H and O–H groups in total. The van der Waals surface area contributed by atoms with Gasteiger partial charge in [0.05, 0.1) is 17.2 Å². The Morgan fingerprint density at radius 2 is 1.51 bits per heavy atom. The summed E-state index contributed by atoms with van der Waals surface area (Å²) in [5.41, 5.74) is 0.531. The van der Waals surface area contributed by atoms with Gasteiger partial charge in [0.1, 0.15) is 0 Å². The van der Waals surface area contributed by atoms with Gasteiger partial charge in [0.15, 0.2) is 0 Å². The van der Waals surface area contributed by atoms with Crippen molar-refractivity contribution in [3.8, 4) is 0 Å². The molecule has 3 rings (SSSR count). The predicted molar refractivity (Wildman–Crippen MR) is 130 cm³/mol. The highest BCUT2D eigenvalue weighted by Gasteiger charge is 2.37. The molecule has 1 aliphatic carbocycles. The summed E-state index contributed by atoms with van der Waals surface area (Å²) in [6, 6.07) is 4.43. The lowest BCUT2D eigenvalue weighted by Gasteiger charge is -2.33. The van der Waals surface area contributed by atoms with Crippen LogP contribution in [-0.2, 0) is 31.7 Å². The molecule has 0 aromatic heterocycles. The molecule has 4 nitrogen and oxygen atoms in total. The summed E-state index contributed by atoms with van der Waals surface area (Å²) >= 11 is 0. The monoisotopic (exact) mass is 530 g/mol. The van der Waals surface area contributed by atoms with Crippen molar-refractivity contribution >= 4 is 11.8 Å². The fourth-order valence-corrected chi connectivity index (χ4v) is 4.88. The fourth-order valence-electron chi connectivity index (χ4n) is 4.88. The van der Waals surface area contributed by atoms with E-state index in [1.807, 2.05) is 13.0 Å². The van der Waals surface area contributed by atoms with Crippen LogP contribution in [0.3, 0.4) is 0 Å². The molecule has 1 amide bonds. The molecular weight excluding hydrogens is 498 g/mol. The van der Waals surface area contributed by atoms with Crippen LogP contribution < -0.4 is 4.90 Å². The number of halogens is 6. The summed E-state index contributed by atoms with van der Waals surface area (Å²) in [5.74, 6) is 0. The fraction of sp³-hybridized carbons (Fsp3) is 0.519. The third kappa shape index (κ3) is 6.70. The van der Waals surface area contributed by atoms with E-state index in [-0.39, 0.29) is 11.6 Å². The maximum absolute atomic E-state index is 13.4. The summed E-state index contributed by atoms with van der Waals surface area (Å²) in [6.07, 6.45) is -6.84. The Kier molecular flexibility index (Phi) is 8.70. The van der Waals surface area contributed by atoms with Crippen molar-refractivity contribution in [2.24, 2.45) is 0 Å². The zero-order valence-corrected chi connectivity index (χ0v) is 21.1. The van der Waals surface area contributed by atoms with Crippen LogP contribution in [0.15, 0.2) is 30.3 Å². The summed E-state index contributed by atoms with van der Waals surface area (Å²) in [6.45, 7) is 6.49. The summed E-state index contributed by atoms with van der Waals surface area (Å²) in [7, 11) is 0. The molecule has 2 aromatic rings. The van der Waals surface area contributed by atoms with Crippen LogP contribution in [0.2, 0.25) is 0 Å². The third-order valence-electron chi connectivity index (χ3n) is 6.91. The van der Waals surface area contributed by atoms with Gasteiger partial charge in [-0.3, -0.25) is 4.90 Å². The van der Waals surface area contributed by atoms with Crippen LogP contribution in [0, 0.1) is 0 Å². The van der Waals surface area contributed by atoms with E-state index in [2.05, 4.69) is 17.9 Å². The van der Waals surface area contributed by atoms with E-state index < -0.39 is 42.2 Å². The Balaban J connectivity index is 2.06. The van der Waals surface area contributed by atoms with Crippen molar-refractivity contribution in [3.05, 3.63) is 63.7 Å². The Labute approximate surface area is 212 Å². The van der Waals surface area contributed by atoms with Gasteiger partial charge in [-0.15, -0.1) is 0 Å². The first-order chi connectivity index (χ1) is 17.3. The zero-order valence-electron chi connectivity index (χ0n) is 21.1. The molecule has 1 unspecified atom stereocenters. The molecule has 37 heavy (non-hydrogen) atoms. The van der Waals surface area contributed by atoms with Crippen molar-refractivity contribution in [3.63, 3.8) is 0 Å². The van der Waals surface area contributed by atoms with Crippen molar-refractivity contribution in [2.75, 3.05) is 18.0 Å². The van der Waals surface area contributed by atoms with Crippen LogP contribution in [0.1, 0.15) is 79.5 Å². The largest absolute Gasteiger partial charge is 0.465 e. The summed E-state index contributed by atoms with van der Waals surface area (Å²) in [5, 5.41) is 10.0. The maximum Gasteiger partial charge on any atom is 0.416 e. The number of hydrogen-bond acceptors (Lipinski definition) is 2. The molecule has 0 bridgehead atoms. The second-order valence-electron chi connectivity index (χ2n) is 9.47. The van der Waals surface area contributed by atoms with Gasteiger partial charge in [-0.1, -0.05) is 19.4 Å². The van der Waals surface area contributed by atoms with Gasteiger partial charge in [-0.25, -0.2) is 4.79 Å². The van der Waals surface area contributed by atoms with E-state index in [0.29, 0.717) is 24.2 Å². The smallest absolute Gasteiger partial charge is 0.416 e. The lowest BCUT2D eigenvalue weighted by Crippen LogP contribution is -2.34. The van der Waals surface area contributed by atoms with Gasteiger partial charge in [-0.2, -0.15) is 26.3 Å². The second kappa shape index (κ2) is 11.2. The molecule has 2 aromatic carbocycles. The number of alkyl halides is 6. The molecule has 10 heteroatoms. The van der Waals surface area contributed by atoms with Crippen LogP contribution in [0.5, 0.6) is 0 Å². The lowest BCUT2D eigenvalue weighted by atomic mass is 9.96. The quantitative estimate of drug-likeness (QED) is 0.333. The molecule has 0 radical (unpaired) electrons. The topological polar surface area (TPSA) is 43.8 Å². The number of unbranched alkanes of at least 4 members (excludes halogenated alkanes) is 1. The molecule has 0 fully saturated rings. The van der Waals surface area contributed by atoms with Gasteiger partial charge in [0.2, 0.25) is 0 Å². The number of carbonyl (C=O) groups is 1. The Morgan fingerprint density at radius 1 is 0.946 bits per heavy atom. The van der Waals surface area contributed by atoms with Gasteiger partial charge in [0, 0.05) is 25.3 Å². The van der Waals surface area contributed by atoms with Crippen molar-refractivity contribution < 1.29 is 36.2 Å². The number of aryl methyl sites for hydroxylation is 2. The number of fused-ring (bicyclic) bond motifs is 1. The normalized spacial score (nSPS) is 14.4. The minimum absolute atomic E-state index is 0.0451. The van der Waals surface area contributed by atoms with Crippen molar-refractivity contribution in [1.29, 1.82) is 0 Å². The van der Waals surface area contributed by atoms with Crippen LogP contribution in [-0.4, -0.2) is 29.2 Å². The van der Waals surface area contributed by atoms with E-state index in [1.54, 1.807) is 6.92 Å². The van der Waals surface area contributed by atoms with Crippen LogP contribution in [0.25, 0.3) is 0 Å². The van der Waals surface area contributed by atoms with Gasteiger partial charge in [0.25, 0.3) is 0 Å². The number of carboxylic acid groups (broad SMARTS) is 1. The first-order valence-corrected chi connectivity index (χ1v) is 12.4. The molecule has 0 saturated heterocycles. The minimum atomic E-state index is -5.01. The van der Waals surface area contributed by atoms with Crippen LogP contribution >= 0.6 is 0 Å². The Bertz CT molecular complexity index is 1080. The van der Waals surface area contributed by atoms with Gasteiger partial charge < -0.3 is 10.0 Å². The number of benzene rings is 2. The molecule has 1 atom stereocenters. The molecule has 1 aliphatic rings. The molecule has 0 saturated carbocycles. The minimum Gasteiger partial charge on any atom is -0.465 e.